The highest BCUT2D eigenvalue weighted by Gasteiger charge is 2.14. The van der Waals surface area contributed by atoms with E-state index in [0.29, 0.717) is 0 Å². The van der Waals surface area contributed by atoms with Crippen LogP contribution < -0.4 is 5.73 Å². The van der Waals surface area contributed by atoms with Crippen molar-refractivity contribution in [3.63, 3.8) is 0 Å². The van der Waals surface area contributed by atoms with Crippen LogP contribution in [0.3, 0.4) is 0 Å². The lowest BCUT2D eigenvalue weighted by molar-refractivity contribution is 0.711. The highest BCUT2D eigenvalue weighted by molar-refractivity contribution is 7.05. The summed E-state index contributed by atoms with van der Waals surface area (Å²) >= 11 is 1.41. The van der Waals surface area contributed by atoms with Crippen LogP contribution in [0.1, 0.15) is 22.3 Å². The molecule has 0 bridgehead atoms. The second-order valence-corrected chi connectivity index (χ2v) is 4.00. The van der Waals surface area contributed by atoms with E-state index in [1.807, 2.05) is 26.2 Å². The normalized spacial score (nSPS) is 13.1. The SMILES string of the molecule is Cc1cc(C(N)c2cn(C)nn2)sn1. The van der Waals surface area contributed by atoms with Crippen LogP contribution in [0, 0.1) is 6.92 Å². The molecule has 0 aliphatic heterocycles. The molecule has 14 heavy (non-hydrogen) atoms. The Balaban J connectivity index is 2.28. The van der Waals surface area contributed by atoms with E-state index in [2.05, 4.69) is 14.7 Å². The van der Waals surface area contributed by atoms with E-state index in [4.69, 9.17) is 5.73 Å². The molecule has 2 heterocycles. The minimum Gasteiger partial charge on any atom is -0.318 e. The first-order valence-corrected chi connectivity index (χ1v) is 4.99. The van der Waals surface area contributed by atoms with Crippen molar-refractivity contribution in [3.8, 4) is 0 Å². The van der Waals surface area contributed by atoms with Crippen LogP contribution in [0.15, 0.2) is 12.3 Å². The molecule has 0 spiro atoms. The van der Waals surface area contributed by atoms with Crippen LogP contribution in [-0.4, -0.2) is 19.4 Å². The van der Waals surface area contributed by atoms with Crippen molar-refractivity contribution in [2.45, 2.75) is 13.0 Å². The van der Waals surface area contributed by atoms with Gasteiger partial charge in [-0.3, -0.25) is 4.68 Å². The molecule has 0 saturated heterocycles. The number of rotatable bonds is 2. The van der Waals surface area contributed by atoms with Gasteiger partial charge < -0.3 is 5.73 Å². The van der Waals surface area contributed by atoms with Gasteiger partial charge in [0.05, 0.1) is 17.9 Å². The number of hydrogen-bond acceptors (Lipinski definition) is 5. The summed E-state index contributed by atoms with van der Waals surface area (Å²) in [5, 5.41) is 7.81. The fraction of sp³-hybridized carbons (Fsp3) is 0.375. The molecule has 0 aromatic carbocycles. The first-order valence-electron chi connectivity index (χ1n) is 4.22. The number of hydrogen-bond donors (Lipinski definition) is 1. The Bertz CT molecular complexity index is 392. The van der Waals surface area contributed by atoms with Crippen molar-refractivity contribution in [1.29, 1.82) is 0 Å². The summed E-state index contributed by atoms with van der Waals surface area (Å²) < 4.78 is 5.82. The highest BCUT2D eigenvalue weighted by Crippen LogP contribution is 2.21. The molecule has 0 saturated carbocycles. The van der Waals surface area contributed by atoms with Crippen molar-refractivity contribution < 1.29 is 0 Å². The molecule has 2 aromatic heterocycles. The van der Waals surface area contributed by atoms with E-state index in [9.17, 15) is 0 Å². The van der Waals surface area contributed by atoms with Crippen molar-refractivity contribution in [1.82, 2.24) is 19.4 Å². The van der Waals surface area contributed by atoms with Crippen molar-refractivity contribution in [2.24, 2.45) is 12.8 Å². The van der Waals surface area contributed by atoms with Gasteiger partial charge in [-0.15, -0.1) is 5.10 Å². The van der Waals surface area contributed by atoms with Crippen molar-refractivity contribution in [3.05, 3.63) is 28.5 Å². The Morgan fingerprint density at radius 2 is 2.36 bits per heavy atom. The van der Waals surface area contributed by atoms with Gasteiger partial charge in [0.1, 0.15) is 5.69 Å². The van der Waals surface area contributed by atoms with E-state index < -0.39 is 0 Å². The molecular weight excluding hydrogens is 198 g/mol. The average Bonchev–Trinajstić information content (AvgIpc) is 2.73. The Kier molecular flexibility index (Phi) is 2.30. The fourth-order valence-corrected chi connectivity index (χ4v) is 1.94. The van der Waals surface area contributed by atoms with Gasteiger partial charge in [0.25, 0.3) is 0 Å². The molecule has 0 radical (unpaired) electrons. The molecule has 74 valence electrons. The zero-order valence-corrected chi connectivity index (χ0v) is 8.82. The molecule has 6 heteroatoms. The zero-order valence-electron chi connectivity index (χ0n) is 8.01. The Labute approximate surface area is 85.7 Å². The van der Waals surface area contributed by atoms with Gasteiger partial charge in [0.15, 0.2) is 0 Å². The van der Waals surface area contributed by atoms with E-state index >= 15 is 0 Å². The summed E-state index contributed by atoms with van der Waals surface area (Å²) in [5.41, 5.74) is 7.76. The number of nitrogens with zero attached hydrogens (tertiary/aromatic N) is 4. The maximum Gasteiger partial charge on any atom is 0.105 e. The standard InChI is InChI=1S/C8H11N5S/c1-5-3-7(14-11-5)8(9)6-4-13(2)12-10-6/h3-4,8H,9H2,1-2H3. The summed E-state index contributed by atoms with van der Waals surface area (Å²) in [7, 11) is 1.82. The molecular formula is C8H11N5S. The van der Waals surface area contributed by atoms with E-state index in [1.54, 1.807) is 4.68 Å². The minimum absolute atomic E-state index is 0.213. The lowest BCUT2D eigenvalue weighted by Gasteiger charge is -2.02. The lowest BCUT2D eigenvalue weighted by atomic mass is 10.2. The topological polar surface area (TPSA) is 69.6 Å². The van der Waals surface area contributed by atoms with Crippen molar-refractivity contribution in [2.75, 3.05) is 0 Å². The Morgan fingerprint density at radius 3 is 2.86 bits per heavy atom. The molecule has 1 atom stereocenters. The summed E-state index contributed by atoms with van der Waals surface area (Å²) in [6.07, 6.45) is 1.82. The number of nitrogens with two attached hydrogens (primary N) is 1. The van der Waals surface area contributed by atoms with Gasteiger partial charge in [-0.25, -0.2) is 0 Å². The quantitative estimate of drug-likeness (QED) is 0.787. The molecule has 0 aliphatic rings. The third-order valence-corrected chi connectivity index (χ3v) is 2.85. The molecule has 2 N–H and O–H groups in total. The van der Waals surface area contributed by atoms with Gasteiger partial charge in [-0.05, 0) is 24.5 Å². The van der Waals surface area contributed by atoms with Gasteiger partial charge in [-0.1, -0.05) is 5.21 Å². The van der Waals surface area contributed by atoms with Gasteiger partial charge in [0, 0.05) is 11.9 Å². The second kappa shape index (κ2) is 3.47. The molecule has 0 amide bonds. The summed E-state index contributed by atoms with van der Waals surface area (Å²) in [4.78, 5) is 1.02. The van der Waals surface area contributed by atoms with Gasteiger partial charge in [0.2, 0.25) is 0 Å². The predicted octanol–water partition coefficient (Wildman–Crippen LogP) is 0.628. The summed E-state index contributed by atoms with van der Waals surface area (Å²) in [6.45, 7) is 1.95. The average molecular weight is 209 g/mol. The largest absolute Gasteiger partial charge is 0.318 e. The predicted molar refractivity (Wildman–Crippen MR) is 53.9 cm³/mol. The second-order valence-electron chi connectivity index (χ2n) is 3.17. The monoisotopic (exact) mass is 209 g/mol. The maximum atomic E-state index is 6.00. The maximum absolute atomic E-state index is 6.00. The molecule has 5 nitrogen and oxygen atoms in total. The van der Waals surface area contributed by atoms with Gasteiger partial charge >= 0.3 is 0 Å². The molecule has 2 rings (SSSR count). The first-order chi connectivity index (χ1) is 6.66. The summed E-state index contributed by atoms with van der Waals surface area (Å²) in [5.74, 6) is 0. The Morgan fingerprint density at radius 1 is 1.57 bits per heavy atom. The third kappa shape index (κ3) is 1.66. The molecule has 1 unspecified atom stereocenters. The van der Waals surface area contributed by atoms with E-state index in [-0.39, 0.29) is 6.04 Å². The smallest absolute Gasteiger partial charge is 0.105 e. The lowest BCUT2D eigenvalue weighted by Crippen LogP contribution is -2.10. The van der Waals surface area contributed by atoms with Crippen LogP contribution in [0.5, 0.6) is 0 Å². The molecule has 0 fully saturated rings. The third-order valence-electron chi connectivity index (χ3n) is 1.89. The highest BCUT2D eigenvalue weighted by atomic mass is 32.1. The minimum atomic E-state index is -0.213. The van der Waals surface area contributed by atoms with Crippen LogP contribution in [0.2, 0.25) is 0 Å². The van der Waals surface area contributed by atoms with Crippen LogP contribution >= 0.6 is 11.5 Å². The van der Waals surface area contributed by atoms with E-state index in [0.717, 1.165) is 16.3 Å². The summed E-state index contributed by atoms with van der Waals surface area (Å²) in [6, 6.07) is 1.76. The number of aromatic nitrogens is 4. The Hall–Kier alpha value is -1.27. The first kappa shape index (κ1) is 9.29. The van der Waals surface area contributed by atoms with Crippen LogP contribution in [0.4, 0.5) is 0 Å². The van der Waals surface area contributed by atoms with Crippen LogP contribution in [0.25, 0.3) is 0 Å². The fourth-order valence-electron chi connectivity index (χ4n) is 1.18. The molecule has 2 aromatic rings. The van der Waals surface area contributed by atoms with Crippen LogP contribution in [-0.2, 0) is 7.05 Å². The molecule has 0 aliphatic carbocycles. The van der Waals surface area contributed by atoms with Crippen molar-refractivity contribution >= 4 is 11.5 Å². The van der Waals surface area contributed by atoms with E-state index in [1.165, 1.54) is 11.5 Å². The zero-order chi connectivity index (χ0) is 10.1. The number of aryl methyl sites for hydroxylation is 2. The van der Waals surface area contributed by atoms with Gasteiger partial charge in [-0.2, -0.15) is 4.37 Å².